The van der Waals surface area contributed by atoms with E-state index >= 15 is 0 Å². The number of hydrogen-bond acceptors (Lipinski definition) is 4. The Balaban J connectivity index is 1.87. The van der Waals surface area contributed by atoms with Crippen LogP contribution in [-0.2, 0) is 16.1 Å². The van der Waals surface area contributed by atoms with E-state index in [1.165, 1.54) is 4.90 Å². The Morgan fingerprint density at radius 2 is 1.77 bits per heavy atom. The van der Waals surface area contributed by atoms with E-state index in [2.05, 4.69) is 20.9 Å². The van der Waals surface area contributed by atoms with Gasteiger partial charge in [-0.15, -0.1) is 0 Å². The summed E-state index contributed by atoms with van der Waals surface area (Å²) in [6, 6.07) is 15.0. The fourth-order valence-electron chi connectivity index (χ4n) is 3.67. The van der Waals surface area contributed by atoms with E-state index in [-0.39, 0.29) is 17.9 Å². The van der Waals surface area contributed by atoms with Gasteiger partial charge in [-0.3, -0.25) is 14.6 Å². The normalized spacial score (nSPS) is 17.9. The molecule has 0 aliphatic carbocycles. The lowest BCUT2D eigenvalue weighted by Crippen LogP contribution is -2.29. The van der Waals surface area contributed by atoms with Gasteiger partial charge in [-0.2, -0.15) is 0 Å². The van der Waals surface area contributed by atoms with Crippen LogP contribution in [0.15, 0.2) is 77.0 Å². The van der Waals surface area contributed by atoms with Crippen LogP contribution < -0.4 is 0 Å². The van der Waals surface area contributed by atoms with E-state index in [4.69, 9.17) is 11.6 Å². The third-order valence-corrected chi connectivity index (χ3v) is 6.40. The van der Waals surface area contributed by atoms with Gasteiger partial charge in [0.25, 0.3) is 11.7 Å². The minimum absolute atomic E-state index is 0.0584. The number of pyridine rings is 1. The molecule has 0 saturated carbocycles. The molecule has 1 aliphatic rings. The fourth-order valence-corrected chi connectivity index (χ4v) is 4.04. The molecule has 1 unspecified atom stereocenters. The maximum Gasteiger partial charge on any atom is 0.295 e. The van der Waals surface area contributed by atoms with E-state index < -0.39 is 17.7 Å². The van der Waals surface area contributed by atoms with Crippen LogP contribution in [0.1, 0.15) is 28.3 Å². The van der Waals surface area contributed by atoms with Crippen molar-refractivity contribution >= 4 is 45.0 Å². The number of amides is 1. The maximum atomic E-state index is 13.1. The second-order valence-electron chi connectivity index (χ2n) is 7.30. The van der Waals surface area contributed by atoms with Gasteiger partial charge < -0.3 is 10.0 Å². The Bertz CT molecular complexity index is 1190. The molecule has 2 aromatic carbocycles. The number of carbonyl (C=O) groups is 2. The highest BCUT2D eigenvalue weighted by atomic mass is 79.9. The fraction of sp³-hybridized carbons (Fsp3) is 0.125. The summed E-state index contributed by atoms with van der Waals surface area (Å²) in [5.41, 5.74) is 2.95. The molecule has 0 spiro atoms. The van der Waals surface area contributed by atoms with Crippen molar-refractivity contribution in [2.24, 2.45) is 0 Å². The van der Waals surface area contributed by atoms with E-state index in [9.17, 15) is 14.7 Å². The first-order chi connectivity index (χ1) is 14.9. The van der Waals surface area contributed by atoms with Crippen LogP contribution in [0.25, 0.3) is 5.76 Å². The second kappa shape index (κ2) is 8.65. The van der Waals surface area contributed by atoms with E-state index in [1.807, 2.05) is 6.92 Å². The van der Waals surface area contributed by atoms with Gasteiger partial charge in [0.05, 0.1) is 11.6 Å². The molecule has 0 radical (unpaired) electrons. The smallest absolute Gasteiger partial charge is 0.295 e. The number of halogens is 2. The van der Waals surface area contributed by atoms with Crippen molar-refractivity contribution in [3.8, 4) is 0 Å². The lowest BCUT2D eigenvalue weighted by atomic mass is 9.95. The summed E-state index contributed by atoms with van der Waals surface area (Å²) in [5.74, 6) is -1.58. The Morgan fingerprint density at radius 3 is 2.42 bits per heavy atom. The third-order valence-electron chi connectivity index (χ3n) is 5.26. The largest absolute Gasteiger partial charge is 0.507 e. The molecule has 1 amide bonds. The number of aromatic nitrogens is 1. The zero-order valence-electron chi connectivity index (χ0n) is 16.5. The van der Waals surface area contributed by atoms with Crippen molar-refractivity contribution in [3.05, 3.63) is 104 Å². The molecule has 1 aromatic heterocycles. The molecule has 1 fully saturated rings. The molecule has 156 valence electrons. The zero-order valence-corrected chi connectivity index (χ0v) is 18.9. The Labute approximate surface area is 193 Å². The van der Waals surface area contributed by atoms with Gasteiger partial charge in [-0.1, -0.05) is 45.7 Å². The SMILES string of the molecule is Cc1cc(/C(O)=C2/C(=O)C(=O)N(Cc3ccncc3)C2c2ccc(Cl)cc2)ccc1Br. The van der Waals surface area contributed by atoms with Crippen molar-refractivity contribution in [1.82, 2.24) is 9.88 Å². The molecule has 0 bridgehead atoms. The van der Waals surface area contributed by atoms with Gasteiger partial charge >= 0.3 is 0 Å². The predicted molar refractivity (Wildman–Crippen MR) is 122 cm³/mol. The summed E-state index contributed by atoms with van der Waals surface area (Å²) < 4.78 is 0.886. The number of aliphatic hydroxyl groups is 1. The average molecular weight is 498 g/mol. The van der Waals surface area contributed by atoms with E-state index in [1.54, 1.807) is 67.0 Å². The Kier molecular flexibility index (Phi) is 5.94. The number of aryl methyl sites for hydroxylation is 1. The first-order valence-electron chi connectivity index (χ1n) is 9.56. The summed E-state index contributed by atoms with van der Waals surface area (Å²) in [4.78, 5) is 31.5. The molecular weight excluding hydrogens is 480 g/mol. The van der Waals surface area contributed by atoms with Gasteiger partial charge in [0.1, 0.15) is 5.76 Å². The Hall–Kier alpha value is -2.96. The molecular formula is C24H18BrClN2O3. The van der Waals surface area contributed by atoms with Gasteiger partial charge in [-0.05, 0) is 60.0 Å². The quantitative estimate of drug-likeness (QED) is 0.296. The number of likely N-dealkylation sites (tertiary alicyclic amines) is 1. The van der Waals surface area contributed by atoms with Crippen LogP contribution >= 0.6 is 27.5 Å². The number of ketones is 1. The first-order valence-corrected chi connectivity index (χ1v) is 10.7. The zero-order chi connectivity index (χ0) is 22.1. The van der Waals surface area contributed by atoms with Crippen LogP contribution in [0, 0.1) is 6.92 Å². The van der Waals surface area contributed by atoms with Crippen molar-refractivity contribution in [1.29, 1.82) is 0 Å². The highest BCUT2D eigenvalue weighted by Crippen LogP contribution is 2.40. The molecule has 1 N–H and O–H groups in total. The number of hydrogen-bond donors (Lipinski definition) is 1. The van der Waals surface area contributed by atoms with Crippen molar-refractivity contribution < 1.29 is 14.7 Å². The topological polar surface area (TPSA) is 70.5 Å². The van der Waals surface area contributed by atoms with Gasteiger partial charge in [0.2, 0.25) is 0 Å². The number of rotatable bonds is 4. The molecule has 2 heterocycles. The minimum Gasteiger partial charge on any atom is -0.507 e. The summed E-state index contributed by atoms with van der Waals surface area (Å²) in [7, 11) is 0. The summed E-state index contributed by atoms with van der Waals surface area (Å²) in [6.07, 6.45) is 3.27. The van der Waals surface area contributed by atoms with E-state index in [0.29, 0.717) is 16.1 Å². The van der Waals surface area contributed by atoms with Crippen molar-refractivity contribution in [2.45, 2.75) is 19.5 Å². The van der Waals surface area contributed by atoms with Crippen LogP contribution in [0.4, 0.5) is 0 Å². The monoisotopic (exact) mass is 496 g/mol. The second-order valence-corrected chi connectivity index (χ2v) is 8.59. The number of Topliss-reactive ketones (excluding diaryl/α,β-unsaturated/α-hetero) is 1. The molecule has 1 atom stereocenters. The average Bonchev–Trinajstić information content (AvgIpc) is 3.01. The molecule has 31 heavy (non-hydrogen) atoms. The molecule has 4 rings (SSSR count). The summed E-state index contributed by atoms with van der Waals surface area (Å²) in [5, 5.41) is 11.7. The summed E-state index contributed by atoms with van der Waals surface area (Å²) in [6.45, 7) is 2.09. The van der Waals surface area contributed by atoms with E-state index in [0.717, 1.165) is 15.6 Å². The lowest BCUT2D eigenvalue weighted by Gasteiger charge is -2.25. The molecule has 7 heteroatoms. The molecule has 5 nitrogen and oxygen atoms in total. The molecule has 1 saturated heterocycles. The number of nitrogens with zero attached hydrogens (tertiary/aromatic N) is 2. The summed E-state index contributed by atoms with van der Waals surface area (Å²) >= 11 is 9.49. The maximum absolute atomic E-state index is 13.1. The molecule has 1 aliphatic heterocycles. The predicted octanol–water partition coefficient (Wildman–Crippen LogP) is 5.43. The van der Waals surface area contributed by atoms with Gasteiger partial charge in [-0.25, -0.2) is 0 Å². The van der Waals surface area contributed by atoms with Crippen LogP contribution in [0.5, 0.6) is 0 Å². The Morgan fingerprint density at radius 1 is 1.10 bits per heavy atom. The first kappa shape index (κ1) is 21.3. The number of aliphatic hydroxyl groups excluding tert-OH is 1. The third kappa shape index (κ3) is 4.13. The lowest BCUT2D eigenvalue weighted by molar-refractivity contribution is -0.140. The van der Waals surface area contributed by atoms with Crippen molar-refractivity contribution in [2.75, 3.05) is 0 Å². The molecule has 3 aromatic rings. The van der Waals surface area contributed by atoms with Crippen LogP contribution in [0.3, 0.4) is 0 Å². The van der Waals surface area contributed by atoms with Crippen LogP contribution in [0.2, 0.25) is 5.02 Å². The highest BCUT2D eigenvalue weighted by molar-refractivity contribution is 9.10. The highest BCUT2D eigenvalue weighted by Gasteiger charge is 2.46. The minimum atomic E-state index is -0.741. The van der Waals surface area contributed by atoms with Gasteiger partial charge in [0.15, 0.2) is 0 Å². The standard InChI is InChI=1S/C24H18BrClN2O3/c1-14-12-17(4-7-19(14)25)22(29)20-21(16-2-5-18(26)6-3-16)28(24(31)23(20)30)13-15-8-10-27-11-9-15/h2-12,21,29H,13H2,1H3/b22-20-. The number of benzene rings is 2. The van der Waals surface area contributed by atoms with Crippen molar-refractivity contribution in [3.63, 3.8) is 0 Å². The van der Waals surface area contributed by atoms with Crippen LogP contribution in [-0.4, -0.2) is 26.7 Å². The number of carbonyl (C=O) groups excluding carboxylic acids is 2. The van der Waals surface area contributed by atoms with Gasteiger partial charge in [0, 0.05) is 34.0 Å².